The molecule has 3 rings (SSSR count). The number of piperazine rings is 1. The van der Waals surface area contributed by atoms with Crippen LogP contribution in [0.1, 0.15) is 38.3 Å². The first-order valence-electron chi connectivity index (χ1n) is 10.3. The van der Waals surface area contributed by atoms with Crippen molar-refractivity contribution >= 4 is 29.3 Å². The van der Waals surface area contributed by atoms with Crippen LogP contribution in [0, 0.1) is 12.8 Å². The standard InChI is InChI=1S/C22H30ClN5O/c1-5-6-17-13-18(8-7-16(17)4)25-22(29)28-12-11-27(14-19(28)15(2)3)21-24-10-9-20(23)26-21/h7-10,13,15,19H,5-6,11-12,14H2,1-4H3,(H,25,29). The van der Waals surface area contributed by atoms with Gasteiger partial charge in [0, 0.05) is 31.5 Å². The molecule has 1 aliphatic heterocycles. The molecule has 1 unspecified atom stereocenters. The fraction of sp³-hybridized carbons (Fsp3) is 0.500. The van der Waals surface area contributed by atoms with E-state index in [1.807, 2.05) is 11.0 Å². The maximum Gasteiger partial charge on any atom is 0.322 e. The van der Waals surface area contributed by atoms with Gasteiger partial charge in [-0.1, -0.05) is 44.9 Å². The SMILES string of the molecule is CCCc1cc(NC(=O)N2CCN(c3nccc(Cl)n3)CC2C(C)C)ccc1C. The summed E-state index contributed by atoms with van der Waals surface area (Å²) in [5.41, 5.74) is 3.40. The monoisotopic (exact) mass is 415 g/mol. The van der Waals surface area contributed by atoms with E-state index in [4.69, 9.17) is 11.6 Å². The molecule has 6 nitrogen and oxygen atoms in total. The second kappa shape index (κ2) is 9.44. The van der Waals surface area contributed by atoms with Crippen molar-refractivity contribution in [3.05, 3.63) is 46.7 Å². The maximum atomic E-state index is 13.1. The normalized spacial score (nSPS) is 17.0. The molecule has 1 saturated heterocycles. The van der Waals surface area contributed by atoms with Crippen LogP contribution in [-0.2, 0) is 6.42 Å². The van der Waals surface area contributed by atoms with Crippen molar-refractivity contribution in [1.29, 1.82) is 0 Å². The van der Waals surface area contributed by atoms with Gasteiger partial charge in [0.05, 0.1) is 6.04 Å². The summed E-state index contributed by atoms with van der Waals surface area (Å²) in [6.07, 6.45) is 3.77. The predicted octanol–water partition coefficient (Wildman–Crippen LogP) is 4.77. The van der Waals surface area contributed by atoms with Crippen LogP contribution in [0.2, 0.25) is 5.15 Å². The average Bonchev–Trinajstić information content (AvgIpc) is 2.70. The highest BCUT2D eigenvalue weighted by atomic mass is 35.5. The van der Waals surface area contributed by atoms with E-state index in [0.29, 0.717) is 36.7 Å². The van der Waals surface area contributed by atoms with Gasteiger partial charge in [-0.2, -0.15) is 0 Å². The van der Waals surface area contributed by atoms with E-state index in [9.17, 15) is 4.79 Å². The highest BCUT2D eigenvalue weighted by Gasteiger charge is 2.33. The number of urea groups is 1. The summed E-state index contributed by atoms with van der Waals surface area (Å²) < 4.78 is 0. The number of rotatable bonds is 5. The van der Waals surface area contributed by atoms with Crippen LogP contribution in [0.3, 0.4) is 0 Å². The summed E-state index contributed by atoms with van der Waals surface area (Å²) in [5, 5.41) is 3.53. The lowest BCUT2D eigenvalue weighted by Gasteiger charge is -2.43. The van der Waals surface area contributed by atoms with Crippen molar-refractivity contribution in [2.45, 2.75) is 46.6 Å². The van der Waals surface area contributed by atoms with E-state index in [0.717, 1.165) is 18.5 Å². The molecule has 0 radical (unpaired) electrons. The van der Waals surface area contributed by atoms with Crippen LogP contribution in [0.25, 0.3) is 0 Å². The van der Waals surface area contributed by atoms with E-state index in [2.05, 4.69) is 60.0 Å². The van der Waals surface area contributed by atoms with Gasteiger partial charge in [-0.15, -0.1) is 0 Å². The Morgan fingerprint density at radius 1 is 1.31 bits per heavy atom. The van der Waals surface area contributed by atoms with Crippen LogP contribution >= 0.6 is 11.6 Å². The van der Waals surface area contributed by atoms with Gasteiger partial charge in [-0.3, -0.25) is 0 Å². The third-order valence-corrected chi connectivity index (χ3v) is 5.67. The second-order valence-electron chi connectivity index (χ2n) is 7.95. The summed E-state index contributed by atoms with van der Waals surface area (Å²) in [6.45, 7) is 10.5. The number of nitrogens with zero attached hydrogens (tertiary/aromatic N) is 4. The van der Waals surface area contributed by atoms with Gasteiger partial charge in [-0.25, -0.2) is 14.8 Å². The van der Waals surface area contributed by atoms with Crippen molar-refractivity contribution in [2.75, 3.05) is 29.9 Å². The van der Waals surface area contributed by atoms with E-state index in [1.165, 1.54) is 11.1 Å². The Balaban J connectivity index is 1.72. The van der Waals surface area contributed by atoms with Gasteiger partial charge in [0.25, 0.3) is 0 Å². The zero-order valence-corrected chi connectivity index (χ0v) is 18.4. The molecule has 1 aromatic carbocycles. The van der Waals surface area contributed by atoms with Gasteiger partial charge in [0.15, 0.2) is 0 Å². The van der Waals surface area contributed by atoms with E-state index >= 15 is 0 Å². The van der Waals surface area contributed by atoms with Gasteiger partial charge in [0.2, 0.25) is 5.95 Å². The van der Waals surface area contributed by atoms with E-state index in [-0.39, 0.29) is 12.1 Å². The molecule has 2 aromatic rings. The minimum absolute atomic E-state index is 0.0540. The highest BCUT2D eigenvalue weighted by Crippen LogP contribution is 2.23. The molecule has 0 aliphatic carbocycles. The summed E-state index contributed by atoms with van der Waals surface area (Å²) in [6, 6.07) is 7.83. The molecule has 1 aromatic heterocycles. The van der Waals surface area contributed by atoms with Crippen LogP contribution in [0.15, 0.2) is 30.5 Å². The third-order valence-electron chi connectivity index (χ3n) is 5.46. The van der Waals surface area contributed by atoms with Crippen molar-refractivity contribution in [3.8, 4) is 0 Å². The Bertz CT molecular complexity index is 857. The van der Waals surface area contributed by atoms with Crippen molar-refractivity contribution < 1.29 is 4.79 Å². The Labute approximate surface area is 178 Å². The molecule has 1 atom stereocenters. The largest absolute Gasteiger partial charge is 0.337 e. The van der Waals surface area contributed by atoms with Crippen molar-refractivity contribution in [2.24, 2.45) is 5.92 Å². The number of benzene rings is 1. The lowest BCUT2D eigenvalue weighted by Crippen LogP contribution is -2.58. The molecule has 2 heterocycles. The molecular formula is C22H30ClN5O. The molecule has 7 heteroatoms. The first kappa shape index (κ1) is 21.4. The molecule has 29 heavy (non-hydrogen) atoms. The van der Waals surface area contributed by atoms with Crippen LogP contribution in [0.5, 0.6) is 0 Å². The zero-order chi connectivity index (χ0) is 21.0. The molecule has 0 saturated carbocycles. The molecule has 0 bridgehead atoms. The molecule has 156 valence electrons. The number of anilines is 2. The van der Waals surface area contributed by atoms with Crippen LogP contribution in [0.4, 0.5) is 16.4 Å². The predicted molar refractivity (Wildman–Crippen MR) is 119 cm³/mol. The summed E-state index contributed by atoms with van der Waals surface area (Å²) in [7, 11) is 0. The summed E-state index contributed by atoms with van der Waals surface area (Å²) >= 11 is 6.03. The van der Waals surface area contributed by atoms with Gasteiger partial charge < -0.3 is 15.1 Å². The molecule has 0 spiro atoms. The maximum absolute atomic E-state index is 13.1. The summed E-state index contributed by atoms with van der Waals surface area (Å²) in [5.74, 6) is 0.919. The topological polar surface area (TPSA) is 61.4 Å². The lowest BCUT2D eigenvalue weighted by molar-refractivity contribution is 0.156. The lowest BCUT2D eigenvalue weighted by atomic mass is 10.00. The number of aromatic nitrogens is 2. The minimum Gasteiger partial charge on any atom is -0.337 e. The Hall–Kier alpha value is -2.34. The molecular weight excluding hydrogens is 386 g/mol. The quantitative estimate of drug-likeness (QED) is 0.714. The van der Waals surface area contributed by atoms with Crippen molar-refractivity contribution in [1.82, 2.24) is 14.9 Å². The Kier molecular flexibility index (Phi) is 6.96. The average molecular weight is 416 g/mol. The van der Waals surface area contributed by atoms with E-state index < -0.39 is 0 Å². The Morgan fingerprint density at radius 3 is 2.79 bits per heavy atom. The molecule has 1 aliphatic rings. The van der Waals surface area contributed by atoms with E-state index in [1.54, 1.807) is 12.3 Å². The molecule has 1 fully saturated rings. The van der Waals surface area contributed by atoms with Crippen molar-refractivity contribution in [3.63, 3.8) is 0 Å². The fourth-order valence-corrected chi connectivity index (χ4v) is 3.91. The number of halogens is 1. The number of carbonyl (C=O) groups excluding carboxylic acids is 1. The fourth-order valence-electron chi connectivity index (χ4n) is 3.78. The molecule has 2 amide bonds. The van der Waals surface area contributed by atoms with Gasteiger partial charge in [0.1, 0.15) is 5.15 Å². The first-order chi connectivity index (χ1) is 13.9. The summed E-state index contributed by atoms with van der Waals surface area (Å²) in [4.78, 5) is 25.8. The van der Waals surface area contributed by atoms with Gasteiger partial charge in [-0.05, 0) is 48.6 Å². The number of hydrogen-bond acceptors (Lipinski definition) is 4. The first-order valence-corrected chi connectivity index (χ1v) is 10.7. The van der Waals surface area contributed by atoms with Crippen LogP contribution in [-0.4, -0.2) is 46.6 Å². The number of hydrogen-bond donors (Lipinski definition) is 1. The third kappa shape index (κ3) is 5.18. The number of nitrogens with one attached hydrogen (secondary N) is 1. The van der Waals surface area contributed by atoms with Gasteiger partial charge >= 0.3 is 6.03 Å². The van der Waals surface area contributed by atoms with Crippen LogP contribution < -0.4 is 10.2 Å². The number of amides is 2. The Morgan fingerprint density at radius 2 is 2.10 bits per heavy atom. The molecule has 1 N–H and O–H groups in total. The highest BCUT2D eigenvalue weighted by molar-refractivity contribution is 6.29. The number of carbonyl (C=O) groups is 1. The minimum atomic E-state index is -0.0540. The smallest absolute Gasteiger partial charge is 0.322 e. The second-order valence-corrected chi connectivity index (χ2v) is 8.34. The number of aryl methyl sites for hydroxylation is 2. The zero-order valence-electron chi connectivity index (χ0n) is 17.7.